The number of nitrogen functional groups attached to an aromatic ring is 1. The monoisotopic (exact) mass is 276 g/mol. The fourth-order valence-electron chi connectivity index (χ4n) is 2.00. The highest BCUT2D eigenvalue weighted by Crippen LogP contribution is 2.20. The highest BCUT2D eigenvalue weighted by Gasteiger charge is 2.19. The van der Waals surface area contributed by atoms with Gasteiger partial charge in [0, 0.05) is 11.6 Å². The number of hydrogen-bond donors (Lipinski definition) is 2. The standard InChI is InChI=1S/C14H17ClN4/c1-14(2,9-10-6-4-3-5-7-10)19-12-8-11(15)17-13(16)18-12/h3-8H,9H2,1-2H3,(H3,16,17,18,19). The molecule has 0 bridgehead atoms. The minimum absolute atomic E-state index is 0.161. The van der Waals surface area contributed by atoms with Crippen LogP contribution in [0.15, 0.2) is 36.4 Å². The Kier molecular flexibility index (Phi) is 3.90. The van der Waals surface area contributed by atoms with E-state index in [2.05, 4.69) is 41.3 Å². The molecule has 4 nitrogen and oxygen atoms in total. The normalized spacial score (nSPS) is 11.3. The van der Waals surface area contributed by atoms with Gasteiger partial charge >= 0.3 is 0 Å². The maximum atomic E-state index is 5.87. The molecule has 0 spiro atoms. The van der Waals surface area contributed by atoms with E-state index >= 15 is 0 Å². The van der Waals surface area contributed by atoms with Crippen LogP contribution in [0.1, 0.15) is 19.4 Å². The third-order valence-electron chi connectivity index (χ3n) is 2.67. The molecule has 19 heavy (non-hydrogen) atoms. The van der Waals surface area contributed by atoms with Gasteiger partial charge in [0.15, 0.2) is 0 Å². The minimum Gasteiger partial charge on any atom is -0.368 e. The van der Waals surface area contributed by atoms with E-state index in [0.29, 0.717) is 11.0 Å². The highest BCUT2D eigenvalue weighted by molar-refractivity contribution is 6.29. The largest absolute Gasteiger partial charge is 0.368 e. The molecule has 1 heterocycles. The summed E-state index contributed by atoms with van der Waals surface area (Å²) in [5.74, 6) is 0.809. The predicted molar refractivity (Wildman–Crippen MR) is 79.3 cm³/mol. The quantitative estimate of drug-likeness (QED) is 0.842. The SMILES string of the molecule is CC(C)(Cc1ccccc1)Nc1cc(Cl)nc(N)n1. The van der Waals surface area contributed by atoms with E-state index in [1.807, 2.05) is 18.2 Å². The van der Waals surface area contributed by atoms with Crippen LogP contribution < -0.4 is 11.1 Å². The van der Waals surface area contributed by atoms with Crippen LogP contribution in [0.3, 0.4) is 0 Å². The van der Waals surface area contributed by atoms with E-state index < -0.39 is 0 Å². The average Bonchev–Trinajstić information content (AvgIpc) is 2.27. The Bertz CT molecular complexity index is 534. The fraction of sp³-hybridized carbons (Fsp3) is 0.286. The molecule has 0 saturated carbocycles. The van der Waals surface area contributed by atoms with Crippen molar-refractivity contribution < 1.29 is 0 Å². The summed E-state index contributed by atoms with van der Waals surface area (Å²) in [4.78, 5) is 7.97. The number of anilines is 2. The molecule has 0 radical (unpaired) electrons. The molecule has 0 aliphatic heterocycles. The maximum absolute atomic E-state index is 5.87. The lowest BCUT2D eigenvalue weighted by molar-refractivity contribution is 0.561. The fourth-order valence-corrected chi connectivity index (χ4v) is 2.19. The third-order valence-corrected chi connectivity index (χ3v) is 2.86. The van der Waals surface area contributed by atoms with Gasteiger partial charge in [-0.2, -0.15) is 4.98 Å². The summed E-state index contributed by atoms with van der Waals surface area (Å²) in [6, 6.07) is 11.9. The third kappa shape index (κ3) is 4.10. The van der Waals surface area contributed by atoms with Gasteiger partial charge in [0.1, 0.15) is 11.0 Å². The van der Waals surface area contributed by atoms with Gasteiger partial charge in [0.2, 0.25) is 5.95 Å². The van der Waals surface area contributed by atoms with Crippen molar-refractivity contribution in [3.8, 4) is 0 Å². The Hall–Kier alpha value is -1.81. The minimum atomic E-state index is -0.161. The Labute approximate surface area is 118 Å². The number of rotatable bonds is 4. The molecule has 5 heteroatoms. The molecule has 0 aliphatic rings. The Balaban J connectivity index is 2.12. The first-order chi connectivity index (χ1) is 8.94. The van der Waals surface area contributed by atoms with E-state index in [9.17, 15) is 0 Å². The number of nitrogens with two attached hydrogens (primary N) is 1. The molecule has 2 rings (SSSR count). The molecule has 0 fully saturated rings. The van der Waals surface area contributed by atoms with Crippen LogP contribution in [0.4, 0.5) is 11.8 Å². The molecule has 0 saturated heterocycles. The van der Waals surface area contributed by atoms with Crippen molar-refractivity contribution in [3.05, 3.63) is 47.1 Å². The molecule has 0 aliphatic carbocycles. The molecule has 100 valence electrons. The predicted octanol–water partition coefficient (Wildman–Crippen LogP) is 3.15. The summed E-state index contributed by atoms with van der Waals surface area (Å²) in [5, 5.41) is 3.67. The van der Waals surface area contributed by atoms with Crippen molar-refractivity contribution in [1.82, 2.24) is 9.97 Å². The molecule has 2 aromatic rings. The van der Waals surface area contributed by atoms with E-state index in [-0.39, 0.29) is 11.5 Å². The summed E-state index contributed by atoms with van der Waals surface area (Å²) in [5.41, 5.74) is 6.68. The molecule has 0 amide bonds. The first kappa shape index (κ1) is 13.6. The van der Waals surface area contributed by atoms with Gasteiger partial charge in [-0.25, -0.2) is 4.98 Å². The van der Waals surface area contributed by atoms with Crippen molar-refractivity contribution >= 4 is 23.4 Å². The number of hydrogen-bond acceptors (Lipinski definition) is 4. The van der Waals surface area contributed by atoms with Crippen molar-refractivity contribution in [2.24, 2.45) is 0 Å². The molecular weight excluding hydrogens is 260 g/mol. The van der Waals surface area contributed by atoms with Crippen molar-refractivity contribution in [2.75, 3.05) is 11.1 Å². The lowest BCUT2D eigenvalue weighted by Gasteiger charge is -2.27. The second kappa shape index (κ2) is 5.45. The van der Waals surface area contributed by atoms with Gasteiger partial charge in [-0.05, 0) is 25.8 Å². The van der Waals surface area contributed by atoms with Crippen LogP contribution in [-0.2, 0) is 6.42 Å². The highest BCUT2D eigenvalue weighted by atomic mass is 35.5. The van der Waals surface area contributed by atoms with Gasteiger partial charge in [-0.15, -0.1) is 0 Å². The van der Waals surface area contributed by atoms with E-state index in [4.69, 9.17) is 17.3 Å². The molecular formula is C14H17ClN4. The van der Waals surface area contributed by atoms with Crippen LogP contribution in [0.5, 0.6) is 0 Å². The van der Waals surface area contributed by atoms with Crippen LogP contribution in [-0.4, -0.2) is 15.5 Å². The smallest absolute Gasteiger partial charge is 0.223 e. The topological polar surface area (TPSA) is 63.8 Å². The summed E-state index contributed by atoms with van der Waals surface area (Å²) in [6.45, 7) is 4.21. The van der Waals surface area contributed by atoms with Gasteiger partial charge in [-0.3, -0.25) is 0 Å². The van der Waals surface area contributed by atoms with Crippen LogP contribution in [0.2, 0.25) is 5.15 Å². The Morgan fingerprint density at radius 1 is 1.21 bits per heavy atom. The number of nitrogens with one attached hydrogen (secondary N) is 1. The Morgan fingerprint density at radius 2 is 1.89 bits per heavy atom. The van der Waals surface area contributed by atoms with Crippen LogP contribution in [0.25, 0.3) is 0 Å². The number of nitrogens with zero attached hydrogens (tertiary/aromatic N) is 2. The van der Waals surface area contributed by atoms with Crippen LogP contribution in [0, 0.1) is 0 Å². The molecule has 3 N–H and O–H groups in total. The van der Waals surface area contributed by atoms with Crippen LogP contribution >= 0.6 is 11.6 Å². The van der Waals surface area contributed by atoms with Crippen molar-refractivity contribution in [1.29, 1.82) is 0 Å². The van der Waals surface area contributed by atoms with Gasteiger partial charge in [0.25, 0.3) is 0 Å². The summed E-state index contributed by atoms with van der Waals surface area (Å²) in [7, 11) is 0. The summed E-state index contributed by atoms with van der Waals surface area (Å²) < 4.78 is 0. The van der Waals surface area contributed by atoms with E-state index in [0.717, 1.165) is 6.42 Å². The molecule has 1 aromatic heterocycles. The van der Waals surface area contributed by atoms with Gasteiger partial charge < -0.3 is 11.1 Å². The zero-order chi connectivity index (χ0) is 13.9. The zero-order valence-corrected chi connectivity index (χ0v) is 11.8. The average molecular weight is 277 g/mol. The van der Waals surface area contributed by atoms with Crippen molar-refractivity contribution in [3.63, 3.8) is 0 Å². The summed E-state index contributed by atoms with van der Waals surface area (Å²) in [6.07, 6.45) is 0.870. The lowest BCUT2D eigenvalue weighted by atomic mass is 9.95. The van der Waals surface area contributed by atoms with Gasteiger partial charge in [-0.1, -0.05) is 41.9 Å². The molecule has 0 unspecified atom stereocenters. The second-order valence-electron chi connectivity index (χ2n) is 5.11. The zero-order valence-electron chi connectivity index (χ0n) is 11.0. The van der Waals surface area contributed by atoms with Crippen molar-refractivity contribution in [2.45, 2.75) is 25.8 Å². The lowest BCUT2D eigenvalue weighted by Crippen LogP contribution is -2.34. The van der Waals surface area contributed by atoms with E-state index in [1.54, 1.807) is 6.07 Å². The maximum Gasteiger partial charge on any atom is 0.223 e. The number of halogens is 1. The Morgan fingerprint density at radius 3 is 2.53 bits per heavy atom. The number of aromatic nitrogens is 2. The number of benzene rings is 1. The first-order valence-corrected chi connectivity index (χ1v) is 6.45. The first-order valence-electron chi connectivity index (χ1n) is 6.07. The second-order valence-corrected chi connectivity index (χ2v) is 5.49. The molecule has 0 atom stereocenters. The van der Waals surface area contributed by atoms with E-state index in [1.165, 1.54) is 5.56 Å². The van der Waals surface area contributed by atoms with Gasteiger partial charge in [0.05, 0.1) is 0 Å². The summed E-state index contributed by atoms with van der Waals surface area (Å²) >= 11 is 5.87. The molecule has 1 aromatic carbocycles.